The minimum absolute atomic E-state index is 0.0673. The van der Waals surface area contributed by atoms with Crippen LogP contribution in [0.15, 0.2) is 12.2 Å². The van der Waals surface area contributed by atoms with E-state index in [-0.39, 0.29) is 12.3 Å². The molecule has 0 radical (unpaired) electrons. The molecule has 0 saturated carbocycles. The van der Waals surface area contributed by atoms with Crippen LogP contribution >= 0.6 is 0 Å². The lowest BCUT2D eigenvalue weighted by Crippen LogP contribution is -2.27. The second-order valence-corrected chi connectivity index (χ2v) is 4.50. The first-order chi connectivity index (χ1) is 8.60. The van der Waals surface area contributed by atoms with E-state index >= 15 is 0 Å². The summed E-state index contributed by atoms with van der Waals surface area (Å²) in [4.78, 5) is 21.7. The maximum atomic E-state index is 11.4. The largest absolute Gasteiger partial charge is 0.481 e. The van der Waals surface area contributed by atoms with Crippen molar-refractivity contribution in [2.45, 2.75) is 52.4 Å². The first kappa shape index (κ1) is 16.7. The van der Waals surface area contributed by atoms with Gasteiger partial charge in [-0.05, 0) is 24.8 Å². The fourth-order valence-electron chi connectivity index (χ4n) is 1.64. The number of hydrogen-bond acceptors (Lipinski definition) is 2. The molecule has 0 saturated heterocycles. The van der Waals surface area contributed by atoms with Gasteiger partial charge in [0.15, 0.2) is 0 Å². The Morgan fingerprint density at radius 3 is 2.61 bits per heavy atom. The number of aliphatic carboxylic acids is 1. The van der Waals surface area contributed by atoms with E-state index in [2.05, 4.69) is 19.2 Å². The average Bonchev–Trinajstić information content (AvgIpc) is 2.34. The molecular formula is C14H25NO3. The van der Waals surface area contributed by atoms with E-state index in [1.54, 1.807) is 6.08 Å². The summed E-state index contributed by atoms with van der Waals surface area (Å²) in [5, 5.41) is 11.3. The summed E-state index contributed by atoms with van der Waals surface area (Å²) in [5.41, 5.74) is 0. The van der Waals surface area contributed by atoms with Crippen molar-refractivity contribution in [2.75, 3.05) is 6.54 Å². The van der Waals surface area contributed by atoms with Crippen LogP contribution in [0.4, 0.5) is 0 Å². The Morgan fingerprint density at radius 2 is 2.06 bits per heavy atom. The fourth-order valence-corrected chi connectivity index (χ4v) is 1.64. The van der Waals surface area contributed by atoms with E-state index in [1.807, 2.05) is 0 Å². The summed E-state index contributed by atoms with van der Waals surface area (Å²) in [5.74, 6) is -0.428. The highest BCUT2D eigenvalue weighted by Crippen LogP contribution is 2.11. The third kappa shape index (κ3) is 9.87. The van der Waals surface area contributed by atoms with Gasteiger partial charge in [0.25, 0.3) is 0 Å². The molecule has 0 aliphatic carbocycles. The van der Waals surface area contributed by atoms with Crippen LogP contribution in [0.2, 0.25) is 0 Å². The predicted octanol–water partition coefficient (Wildman–Crippen LogP) is 2.74. The van der Waals surface area contributed by atoms with Crippen molar-refractivity contribution in [1.82, 2.24) is 5.32 Å². The van der Waals surface area contributed by atoms with Crippen LogP contribution in [0.1, 0.15) is 52.4 Å². The second-order valence-electron chi connectivity index (χ2n) is 4.50. The van der Waals surface area contributed by atoms with Crippen LogP contribution in [-0.4, -0.2) is 23.5 Å². The molecule has 0 aromatic heterocycles. The van der Waals surface area contributed by atoms with Crippen LogP contribution < -0.4 is 5.32 Å². The fraction of sp³-hybridized carbons (Fsp3) is 0.714. The van der Waals surface area contributed by atoms with E-state index in [9.17, 15) is 9.59 Å². The van der Waals surface area contributed by atoms with E-state index in [1.165, 1.54) is 18.9 Å². The normalized spacial score (nSPS) is 12.6. The van der Waals surface area contributed by atoms with E-state index < -0.39 is 5.97 Å². The monoisotopic (exact) mass is 255 g/mol. The summed E-state index contributed by atoms with van der Waals surface area (Å²) in [6, 6.07) is 0. The number of amides is 1. The number of nitrogens with one attached hydrogen (secondary N) is 1. The molecule has 0 aromatic carbocycles. The lowest BCUT2D eigenvalue weighted by Gasteiger charge is -2.14. The molecule has 18 heavy (non-hydrogen) atoms. The van der Waals surface area contributed by atoms with Gasteiger partial charge in [-0.1, -0.05) is 39.2 Å². The summed E-state index contributed by atoms with van der Waals surface area (Å²) < 4.78 is 0. The molecule has 4 nitrogen and oxygen atoms in total. The highest BCUT2D eigenvalue weighted by atomic mass is 16.4. The zero-order chi connectivity index (χ0) is 13.8. The third-order valence-electron chi connectivity index (χ3n) is 2.90. The molecule has 104 valence electrons. The number of allylic oxidation sites excluding steroid dienone is 1. The minimum atomic E-state index is -0.842. The Kier molecular flexibility index (Phi) is 10.0. The van der Waals surface area contributed by atoms with Gasteiger partial charge in [-0.2, -0.15) is 0 Å². The molecule has 1 unspecified atom stereocenters. The van der Waals surface area contributed by atoms with Crippen molar-refractivity contribution in [3.8, 4) is 0 Å². The number of carboxylic acid groups (broad SMARTS) is 1. The quantitative estimate of drug-likeness (QED) is 0.590. The molecule has 0 aromatic rings. The highest BCUT2D eigenvalue weighted by molar-refractivity contribution is 5.87. The van der Waals surface area contributed by atoms with E-state index in [4.69, 9.17) is 5.11 Å². The van der Waals surface area contributed by atoms with Gasteiger partial charge in [-0.15, -0.1) is 0 Å². The zero-order valence-electron chi connectivity index (χ0n) is 11.4. The Morgan fingerprint density at radius 1 is 1.33 bits per heavy atom. The summed E-state index contributed by atoms with van der Waals surface area (Å²) in [6.45, 7) is 5.00. The summed E-state index contributed by atoms with van der Waals surface area (Å²) in [7, 11) is 0. The SMILES string of the molecule is CCCCC(CC)CNC(=O)/C=C/CCC(=O)O. The van der Waals surface area contributed by atoms with Crippen molar-refractivity contribution in [1.29, 1.82) is 0 Å². The first-order valence-electron chi connectivity index (χ1n) is 6.76. The molecule has 0 aliphatic heterocycles. The van der Waals surface area contributed by atoms with Crippen LogP contribution in [0.25, 0.3) is 0 Å². The molecule has 0 fully saturated rings. The molecule has 4 heteroatoms. The summed E-state index contributed by atoms with van der Waals surface area (Å²) in [6.07, 6.45) is 8.10. The number of carboxylic acids is 1. The number of unbranched alkanes of at least 4 members (excludes halogenated alkanes) is 1. The van der Waals surface area contributed by atoms with Crippen LogP contribution in [-0.2, 0) is 9.59 Å². The lowest BCUT2D eigenvalue weighted by molar-refractivity contribution is -0.136. The third-order valence-corrected chi connectivity index (χ3v) is 2.90. The topological polar surface area (TPSA) is 66.4 Å². The summed E-state index contributed by atoms with van der Waals surface area (Å²) >= 11 is 0. The molecule has 0 spiro atoms. The Hall–Kier alpha value is -1.32. The van der Waals surface area contributed by atoms with Gasteiger partial charge < -0.3 is 10.4 Å². The van der Waals surface area contributed by atoms with Crippen molar-refractivity contribution < 1.29 is 14.7 Å². The van der Waals surface area contributed by atoms with E-state index in [0.717, 1.165) is 12.8 Å². The minimum Gasteiger partial charge on any atom is -0.481 e. The lowest BCUT2D eigenvalue weighted by atomic mass is 9.99. The van der Waals surface area contributed by atoms with Gasteiger partial charge in [0.05, 0.1) is 0 Å². The van der Waals surface area contributed by atoms with Gasteiger partial charge >= 0.3 is 5.97 Å². The van der Waals surface area contributed by atoms with Crippen molar-refractivity contribution >= 4 is 11.9 Å². The maximum Gasteiger partial charge on any atom is 0.303 e. The molecule has 0 heterocycles. The van der Waals surface area contributed by atoms with E-state index in [0.29, 0.717) is 18.9 Å². The van der Waals surface area contributed by atoms with Gasteiger partial charge in [0.1, 0.15) is 0 Å². The van der Waals surface area contributed by atoms with Crippen molar-refractivity contribution in [3.05, 3.63) is 12.2 Å². The van der Waals surface area contributed by atoms with Gasteiger partial charge in [0.2, 0.25) is 5.91 Å². The second kappa shape index (κ2) is 10.8. The first-order valence-corrected chi connectivity index (χ1v) is 6.76. The standard InChI is InChI=1S/C14H25NO3/c1-3-5-8-12(4-2)11-15-13(16)9-6-7-10-14(17)18/h6,9,12H,3-5,7-8,10-11H2,1-2H3,(H,15,16)(H,17,18)/b9-6+. The van der Waals surface area contributed by atoms with Crippen molar-refractivity contribution in [3.63, 3.8) is 0 Å². The van der Waals surface area contributed by atoms with Crippen LogP contribution in [0, 0.1) is 5.92 Å². The number of carbonyl (C=O) groups excluding carboxylic acids is 1. The van der Waals surface area contributed by atoms with Gasteiger partial charge in [-0.25, -0.2) is 0 Å². The molecular weight excluding hydrogens is 230 g/mol. The maximum absolute atomic E-state index is 11.4. The molecule has 1 atom stereocenters. The number of carbonyl (C=O) groups is 2. The van der Waals surface area contributed by atoms with Crippen LogP contribution in [0.5, 0.6) is 0 Å². The molecule has 0 aliphatic rings. The molecule has 1 amide bonds. The highest BCUT2D eigenvalue weighted by Gasteiger charge is 2.06. The van der Waals surface area contributed by atoms with Gasteiger partial charge in [-0.3, -0.25) is 9.59 Å². The Bertz CT molecular complexity index is 274. The number of hydrogen-bond donors (Lipinski definition) is 2. The number of rotatable bonds is 10. The molecule has 2 N–H and O–H groups in total. The molecule has 0 rings (SSSR count). The van der Waals surface area contributed by atoms with Crippen LogP contribution in [0.3, 0.4) is 0 Å². The van der Waals surface area contributed by atoms with Gasteiger partial charge in [0, 0.05) is 13.0 Å². The predicted molar refractivity (Wildman–Crippen MR) is 72.3 cm³/mol. The Balaban J connectivity index is 3.76. The Labute approximate surface area is 109 Å². The smallest absolute Gasteiger partial charge is 0.303 e. The van der Waals surface area contributed by atoms with Crippen molar-refractivity contribution in [2.24, 2.45) is 5.92 Å². The average molecular weight is 255 g/mol. The zero-order valence-corrected chi connectivity index (χ0v) is 11.4. The molecule has 0 bridgehead atoms.